The molecule has 1 saturated carbocycles. The van der Waals surface area contributed by atoms with Gasteiger partial charge in [-0.15, -0.1) is 0 Å². The van der Waals surface area contributed by atoms with Gasteiger partial charge in [0.2, 0.25) is 5.91 Å². The van der Waals surface area contributed by atoms with E-state index in [1.165, 1.54) is 6.42 Å². The Bertz CT molecular complexity index is 260. The molecule has 0 radical (unpaired) electrons. The van der Waals surface area contributed by atoms with Crippen LogP contribution in [0.4, 0.5) is 0 Å². The highest BCUT2D eigenvalue weighted by molar-refractivity contribution is 5.87. The summed E-state index contributed by atoms with van der Waals surface area (Å²) in [6, 6.07) is 0.384. The van der Waals surface area contributed by atoms with Crippen molar-refractivity contribution in [2.75, 3.05) is 6.54 Å². The standard InChI is InChI=1S/C12H22N2O/c1-9-4-5-10(2)14(8-9)11(15)12(13)6-3-7-12/h9-10H,3-8,13H2,1-2H3. The molecule has 0 bridgehead atoms. The number of nitrogens with two attached hydrogens (primary N) is 1. The lowest BCUT2D eigenvalue weighted by atomic mass is 9.76. The van der Waals surface area contributed by atoms with Gasteiger partial charge in [0.05, 0.1) is 5.54 Å². The summed E-state index contributed by atoms with van der Waals surface area (Å²) in [5.41, 5.74) is 5.59. The molecule has 2 atom stereocenters. The first kappa shape index (κ1) is 10.9. The van der Waals surface area contributed by atoms with Crippen LogP contribution in [0.5, 0.6) is 0 Å². The molecule has 3 nitrogen and oxygen atoms in total. The first-order chi connectivity index (χ1) is 7.03. The fourth-order valence-electron chi connectivity index (χ4n) is 2.63. The van der Waals surface area contributed by atoms with Crippen LogP contribution in [0.3, 0.4) is 0 Å². The van der Waals surface area contributed by atoms with Crippen molar-refractivity contribution in [3.05, 3.63) is 0 Å². The summed E-state index contributed by atoms with van der Waals surface area (Å²) in [4.78, 5) is 14.3. The molecule has 0 spiro atoms. The maximum atomic E-state index is 12.3. The Morgan fingerprint density at radius 2 is 2.00 bits per heavy atom. The molecule has 2 aliphatic rings. The van der Waals surface area contributed by atoms with Gasteiger partial charge in [-0.1, -0.05) is 6.92 Å². The predicted octanol–water partition coefficient (Wildman–Crippen LogP) is 1.51. The van der Waals surface area contributed by atoms with E-state index in [0.717, 1.165) is 32.2 Å². The van der Waals surface area contributed by atoms with Crippen molar-refractivity contribution >= 4 is 5.91 Å². The number of hydrogen-bond acceptors (Lipinski definition) is 2. The molecule has 2 unspecified atom stereocenters. The van der Waals surface area contributed by atoms with Crippen molar-refractivity contribution in [1.29, 1.82) is 0 Å². The molecule has 3 heteroatoms. The summed E-state index contributed by atoms with van der Waals surface area (Å²) < 4.78 is 0. The summed E-state index contributed by atoms with van der Waals surface area (Å²) in [5, 5.41) is 0. The van der Waals surface area contributed by atoms with Crippen molar-refractivity contribution in [2.24, 2.45) is 11.7 Å². The molecule has 0 aromatic carbocycles. The average molecular weight is 210 g/mol. The fourth-order valence-corrected chi connectivity index (χ4v) is 2.63. The molecule has 15 heavy (non-hydrogen) atoms. The van der Waals surface area contributed by atoms with Crippen LogP contribution in [-0.4, -0.2) is 28.9 Å². The van der Waals surface area contributed by atoms with Crippen LogP contribution < -0.4 is 5.73 Å². The molecule has 1 heterocycles. The topological polar surface area (TPSA) is 46.3 Å². The molecule has 86 valence electrons. The molecule has 1 saturated heterocycles. The zero-order chi connectivity index (χ0) is 11.1. The average Bonchev–Trinajstić information content (AvgIpc) is 2.17. The number of rotatable bonds is 1. The lowest BCUT2D eigenvalue weighted by Gasteiger charge is -2.45. The third kappa shape index (κ3) is 1.89. The van der Waals surface area contributed by atoms with Gasteiger partial charge in [-0.25, -0.2) is 0 Å². The van der Waals surface area contributed by atoms with E-state index >= 15 is 0 Å². The predicted molar refractivity (Wildman–Crippen MR) is 60.3 cm³/mol. The second kappa shape index (κ2) is 3.78. The zero-order valence-corrected chi connectivity index (χ0v) is 9.83. The van der Waals surface area contributed by atoms with E-state index in [1.54, 1.807) is 0 Å². The number of likely N-dealkylation sites (tertiary alicyclic amines) is 1. The Morgan fingerprint density at radius 3 is 2.53 bits per heavy atom. The number of piperidine rings is 1. The van der Waals surface area contributed by atoms with Crippen LogP contribution in [0.1, 0.15) is 46.0 Å². The highest BCUT2D eigenvalue weighted by Gasteiger charge is 2.44. The summed E-state index contributed by atoms with van der Waals surface area (Å²) in [7, 11) is 0. The second-order valence-corrected chi connectivity index (χ2v) is 5.50. The maximum absolute atomic E-state index is 12.3. The first-order valence-corrected chi connectivity index (χ1v) is 6.13. The molecule has 2 rings (SSSR count). The number of amides is 1. The van der Waals surface area contributed by atoms with Crippen LogP contribution in [0.2, 0.25) is 0 Å². The Hall–Kier alpha value is -0.570. The van der Waals surface area contributed by atoms with E-state index in [0.29, 0.717) is 12.0 Å². The molecule has 1 aliphatic heterocycles. The van der Waals surface area contributed by atoms with Crippen LogP contribution in [0, 0.1) is 5.92 Å². The Morgan fingerprint density at radius 1 is 1.33 bits per heavy atom. The molecule has 2 fully saturated rings. The smallest absolute Gasteiger partial charge is 0.242 e. The van der Waals surface area contributed by atoms with Crippen molar-refractivity contribution in [2.45, 2.75) is 57.5 Å². The SMILES string of the molecule is CC1CCC(C)N(C(=O)C2(N)CCC2)C1. The molecular weight excluding hydrogens is 188 g/mol. The van der Waals surface area contributed by atoms with Gasteiger partial charge in [0.25, 0.3) is 0 Å². The van der Waals surface area contributed by atoms with Gasteiger partial charge in [-0.3, -0.25) is 4.79 Å². The number of carbonyl (C=O) groups is 1. The largest absolute Gasteiger partial charge is 0.338 e. The van der Waals surface area contributed by atoms with Crippen LogP contribution >= 0.6 is 0 Å². The molecular formula is C12H22N2O. The van der Waals surface area contributed by atoms with Crippen molar-refractivity contribution in [1.82, 2.24) is 4.90 Å². The molecule has 1 amide bonds. The molecule has 0 aromatic heterocycles. The summed E-state index contributed by atoms with van der Waals surface area (Å²) in [5.74, 6) is 0.835. The number of nitrogens with zero attached hydrogens (tertiary/aromatic N) is 1. The highest BCUT2D eigenvalue weighted by atomic mass is 16.2. The van der Waals surface area contributed by atoms with Gasteiger partial charge in [0, 0.05) is 12.6 Å². The van der Waals surface area contributed by atoms with Crippen molar-refractivity contribution < 1.29 is 4.79 Å². The molecule has 1 aliphatic carbocycles. The van der Waals surface area contributed by atoms with Crippen LogP contribution in [0.15, 0.2) is 0 Å². The Kier molecular flexibility index (Phi) is 2.75. The zero-order valence-electron chi connectivity index (χ0n) is 9.83. The Balaban J connectivity index is 2.04. The number of carbonyl (C=O) groups excluding carboxylic acids is 1. The highest BCUT2D eigenvalue weighted by Crippen LogP contribution is 2.33. The van der Waals surface area contributed by atoms with E-state index in [2.05, 4.69) is 13.8 Å². The van der Waals surface area contributed by atoms with Crippen molar-refractivity contribution in [3.8, 4) is 0 Å². The summed E-state index contributed by atoms with van der Waals surface area (Å²) >= 11 is 0. The minimum atomic E-state index is -0.509. The van der Waals surface area contributed by atoms with E-state index in [-0.39, 0.29) is 5.91 Å². The molecule has 0 aromatic rings. The van der Waals surface area contributed by atoms with E-state index in [4.69, 9.17) is 5.73 Å². The summed E-state index contributed by atoms with van der Waals surface area (Å²) in [6.07, 6.45) is 5.23. The summed E-state index contributed by atoms with van der Waals surface area (Å²) in [6.45, 7) is 5.26. The van der Waals surface area contributed by atoms with Gasteiger partial charge >= 0.3 is 0 Å². The van der Waals surface area contributed by atoms with E-state index in [1.807, 2.05) is 4.90 Å². The first-order valence-electron chi connectivity index (χ1n) is 6.13. The van der Waals surface area contributed by atoms with E-state index in [9.17, 15) is 4.79 Å². The third-order valence-corrected chi connectivity index (χ3v) is 4.05. The fraction of sp³-hybridized carbons (Fsp3) is 0.917. The van der Waals surface area contributed by atoms with Gasteiger partial charge < -0.3 is 10.6 Å². The Labute approximate surface area is 92.0 Å². The lowest BCUT2D eigenvalue weighted by Crippen LogP contribution is -2.62. The van der Waals surface area contributed by atoms with Crippen LogP contribution in [0.25, 0.3) is 0 Å². The van der Waals surface area contributed by atoms with Gasteiger partial charge in [-0.2, -0.15) is 0 Å². The van der Waals surface area contributed by atoms with Crippen molar-refractivity contribution in [3.63, 3.8) is 0 Å². The van der Waals surface area contributed by atoms with Gasteiger partial charge in [0.1, 0.15) is 0 Å². The minimum absolute atomic E-state index is 0.202. The van der Waals surface area contributed by atoms with E-state index < -0.39 is 5.54 Å². The maximum Gasteiger partial charge on any atom is 0.242 e. The lowest BCUT2D eigenvalue weighted by molar-refractivity contribution is -0.144. The molecule has 2 N–H and O–H groups in total. The van der Waals surface area contributed by atoms with Gasteiger partial charge in [-0.05, 0) is 44.9 Å². The number of hydrogen-bond donors (Lipinski definition) is 1. The monoisotopic (exact) mass is 210 g/mol. The third-order valence-electron chi connectivity index (χ3n) is 4.05. The normalized spacial score (nSPS) is 34.7. The minimum Gasteiger partial charge on any atom is -0.338 e. The second-order valence-electron chi connectivity index (χ2n) is 5.50. The van der Waals surface area contributed by atoms with Gasteiger partial charge in [0.15, 0.2) is 0 Å². The quantitative estimate of drug-likeness (QED) is 0.713. The van der Waals surface area contributed by atoms with Crippen LogP contribution in [-0.2, 0) is 4.79 Å².